The Morgan fingerprint density at radius 3 is 2.73 bits per heavy atom. The minimum absolute atomic E-state index is 0.201. The number of nitrogens with zero attached hydrogens (tertiary/aromatic N) is 4. The number of nitrogens with one attached hydrogen (secondary N) is 1. The van der Waals surface area contributed by atoms with Crippen LogP contribution in [0.25, 0.3) is 0 Å². The molecule has 0 radical (unpaired) electrons. The van der Waals surface area contributed by atoms with Crippen LogP contribution in [-0.4, -0.2) is 26.1 Å². The highest BCUT2D eigenvalue weighted by molar-refractivity contribution is 5.86. The van der Waals surface area contributed by atoms with Crippen LogP contribution >= 0.6 is 0 Å². The number of tetrazole rings is 1. The highest BCUT2D eigenvalue weighted by Crippen LogP contribution is 2.08. The summed E-state index contributed by atoms with van der Waals surface area (Å²) in [6.45, 7) is 9.53. The zero-order chi connectivity index (χ0) is 11.5. The zero-order valence-corrected chi connectivity index (χ0v) is 9.19. The Hall–Kier alpha value is -1.72. The summed E-state index contributed by atoms with van der Waals surface area (Å²) in [4.78, 5) is 12.4. The predicted molar refractivity (Wildman–Crippen MR) is 54.9 cm³/mol. The molecule has 1 N–H and O–H groups in total. The van der Waals surface area contributed by atoms with Gasteiger partial charge in [-0.25, -0.2) is 0 Å². The molecular formula is C9H15N5O. The van der Waals surface area contributed by atoms with Gasteiger partial charge in [0.25, 0.3) is 0 Å². The van der Waals surface area contributed by atoms with E-state index >= 15 is 0 Å². The molecule has 0 aliphatic rings. The summed E-state index contributed by atoms with van der Waals surface area (Å²) < 4.78 is 0. The van der Waals surface area contributed by atoms with Gasteiger partial charge in [0.15, 0.2) is 5.82 Å². The molecule has 1 rings (SSSR count). The first-order valence-corrected chi connectivity index (χ1v) is 4.63. The fourth-order valence-electron chi connectivity index (χ4n) is 0.837. The molecule has 0 aliphatic heterocycles. The highest BCUT2D eigenvalue weighted by Gasteiger charge is 2.16. The maximum Gasteiger partial charge on any atom is 0.243 e. The Balaban J connectivity index is 2.61. The number of carbonyl (C=O) groups is 1. The summed E-state index contributed by atoms with van der Waals surface area (Å²) in [5.41, 5.74) is -0.201. The molecule has 0 aliphatic carbocycles. The van der Waals surface area contributed by atoms with E-state index < -0.39 is 0 Å². The molecular weight excluding hydrogens is 194 g/mol. The van der Waals surface area contributed by atoms with E-state index in [4.69, 9.17) is 0 Å². The molecule has 6 nitrogen and oxygen atoms in total. The monoisotopic (exact) mass is 209 g/mol. The summed E-state index contributed by atoms with van der Waals surface area (Å²) in [6.07, 6.45) is 1.20. The summed E-state index contributed by atoms with van der Waals surface area (Å²) >= 11 is 0. The number of rotatable bonds is 3. The summed E-state index contributed by atoms with van der Waals surface area (Å²) in [7, 11) is 0. The molecule has 15 heavy (non-hydrogen) atoms. The van der Waals surface area contributed by atoms with Crippen molar-refractivity contribution in [1.82, 2.24) is 25.5 Å². The lowest BCUT2D eigenvalue weighted by atomic mass is 10.1. The smallest absolute Gasteiger partial charge is 0.243 e. The van der Waals surface area contributed by atoms with E-state index in [1.807, 2.05) is 20.8 Å². The highest BCUT2D eigenvalue weighted by atomic mass is 16.1. The van der Waals surface area contributed by atoms with Gasteiger partial charge in [-0.2, -0.15) is 4.80 Å². The van der Waals surface area contributed by atoms with Crippen LogP contribution in [0.2, 0.25) is 0 Å². The molecule has 0 saturated heterocycles. The average Bonchev–Trinajstić information content (AvgIpc) is 2.61. The van der Waals surface area contributed by atoms with Gasteiger partial charge in [-0.05, 0) is 32.1 Å². The first-order valence-electron chi connectivity index (χ1n) is 4.63. The Labute approximate surface area is 88.4 Å². The van der Waals surface area contributed by atoms with Gasteiger partial charge >= 0.3 is 0 Å². The van der Waals surface area contributed by atoms with Crippen LogP contribution in [-0.2, 0) is 16.9 Å². The quantitative estimate of drug-likeness (QED) is 0.723. The Morgan fingerprint density at radius 1 is 1.60 bits per heavy atom. The maximum atomic E-state index is 10.9. The zero-order valence-electron chi connectivity index (χ0n) is 9.19. The Bertz CT molecular complexity index is 363. The van der Waals surface area contributed by atoms with E-state index in [9.17, 15) is 4.79 Å². The third-order valence-electron chi connectivity index (χ3n) is 1.66. The van der Waals surface area contributed by atoms with Gasteiger partial charge in [0, 0.05) is 0 Å². The molecule has 0 fully saturated rings. The summed E-state index contributed by atoms with van der Waals surface area (Å²) in [6, 6.07) is 0. The van der Waals surface area contributed by atoms with E-state index in [0.29, 0.717) is 5.82 Å². The van der Waals surface area contributed by atoms with Gasteiger partial charge in [-0.1, -0.05) is 6.58 Å². The summed E-state index contributed by atoms with van der Waals surface area (Å²) in [5.74, 6) is 0.238. The van der Waals surface area contributed by atoms with Gasteiger partial charge in [0.05, 0.1) is 12.1 Å². The number of amides is 1. The SMILES string of the molecule is C=CC(=O)NCc1nnn(C(C)(C)C)n1. The van der Waals surface area contributed by atoms with Gasteiger partial charge in [-0.15, -0.1) is 10.2 Å². The predicted octanol–water partition coefficient (Wildman–Crippen LogP) is 0.230. The van der Waals surface area contributed by atoms with Crippen molar-refractivity contribution in [3.63, 3.8) is 0 Å². The third-order valence-corrected chi connectivity index (χ3v) is 1.66. The Morgan fingerprint density at radius 2 is 2.27 bits per heavy atom. The number of hydrogen-bond donors (Lipinski definition) is 1. The van der Waals surface area contributed by atoms with E-state index in [1.165, 1.54) is 10.9 Å². The van der Waals surface area contributed by atoms with Gasteiger partial charge in [0.2, 0.25) is 5.91 Å². The van der Waals surface area contributed by atoms with Crippen molar-refractivity contribution in [1.29, 1.82) is 0 Å². The second-order valence-corrected chi connectivity index (χ2v) is 4.09. The lowest BCUT2D eigenvalue weighted by molar-refractivity contribution is -0.116. The van der Waals surface area contributed by atoms with Gasteiger partial charge < -0.3 is 5.32 Å². The minimum Gasteiger partial charge on any atom is -0.345 e. The normalized spacial score (nSPS) is 11.1. The molecule has 1 heterocycles. The molecule has 1 aromatic heterocycles. The van der Waals surface area contributed by atoms with Crippen LogP contribution < -0.4 is 5.32 Å². The molecule has 1 aromatic rings. The lowest BCUT2D eigenvalue weighted by Crippen LogP contribution is -2.25. The molecule has 0 aromatic carbocycles. The van der Waals surface area contributed by atoms with E-state index in [0.717, 1.165) is 0 Å². The number of aromatic nitrogens is 4. The number of hydrogen-bond acceptors (Lipinski definition) is 4. The van der Waals surface area contributed by atoms with Crippen LogP contribution in [0.5, 0.6) is 0 Å². The van der Waals surface area contributed by atoms with Crippen LogP contribution in [0.1, 0.15) is 26.6 Å². The molecule has 0 unspecified atom stereocenters. The first kappa shape index (κ1) is 11.4. The van der Waals surface area contributed by atoms with E-state index in [1.54, 1.807) is 0 Å². The standard InChI is InChI=1S/C9H15N5O/c1-5-8(15)10-6-7-11-13-14(12-7)9(2,3)4/h5H,1,6H2,2-4H3,(H,10,15). The van der Waals surface area contributed by atoms with Crippen molar-refractivity contribution in [3.8, 4) is 0 Å². The van der Waals surface area contributed by atoms with E-state index in [2.05, 4.69) is 27.3 Å². The van der Waals surface area contributed by atoms with Gasteiger partial charge in [-0.3, -0.25) is 4.79 Å². The molecule has 1 amide bonds. The Kier molecular flexibility index (Phi) is 3.18. The van der Waals surface area contributed by atoms with Crippen molar-refractivity contribution in [2.75, 3.05) is 0 Å². The van der Waals surface area contributed by atoms with Crippen LogP contribution in [0, 0.1) is 0 Å². The van der Waals surface area contributed by atoms with Crippen molar-refractivity contribution >= 4 is 5.91 Å². The van der Waals surface area contributed by atoms with Crippen molar-refractivity contribution < 1.29 is 4.79 Å². The third kappa shape index (κ3) is 3.16. The van der Waals surface area contributed by atoms with Crippen molar-refractivity contribution in [2.24, 2.45) is 0 Å². The molecule has 82 valence electrons. The fourth-order valence-corrected chi connectivity index (χ4v) is 0.837. The first-order chi connectivity index (χ1) is 6.93. The van der Waals surface area contributed by atoms with Crippen LogP contribution in [0.3, 0.4) is 0 Å². The van der Waals surface area contributed by atoms with Crippen LogP contribution in [0.4, 0.5) is 0 Å². The largest absolute Gasteiger partial charge is 0.345 e. The lowest BCUT2D eigenvalue weighted by Gasteiger charge is -2.15. The minimum atomic E-state index is -0.248. The molecule has 0 saturated carbocycles. The summed E-state index contributed by atoms with van der Waals surface area (Å²) in [5, 5.41) is 14.4. The van der Waals surface area contributed by atoms with Crippen molar-refractivity contribution in [2.45, 2.75) is 32.9 Å². The topological polar surface area (TPSA) is 72.7 Å². The van der Waals surface area contributed by atoms with E-state index in [-0.39, 0.29) is 18.0 Å². The second kappa shape index (κ2) is 4.20. The fraction of sp³-hybridized carbons (Fsp3) is 0.556. The average molecular weight is 209 g/mol. The number of carbonyl (C=O) groups excluding carboxylic acids is 1. The molecule has 0 atom stereocenters. The maximum absolute atomic E-state index is 10.9. The van der Waals surface area contributed by atoms with Crippen molar-refractivity contribution in [3.05, 3.63) is 18.5 Å². The van der Waals surface area contributed by atoms with Crippen LogP contribution in [0.15, 0.2) is 12.7 Å². The second-order valence-electron chi connectivity index (χ2n) is 4.09. The van der Waals surface area contributed by atoms with Gasteiger partial charge in [0.1, 0.15) is 0 Å². The molecule has 0 spiro atoms. The molecule has 0 bridgehead atoms. The molecule has 6 heteroatoms.